The van der Waals surface area contributed by atoms with Crippen molar-refractivity contribution in [2.45, 2.75) is 0 Å². The van der Waals surface area contributed by atoms with E-state index >= 15 is 0 Å². The van der Waals surface area contributed by atoms with E-state index in [0.29, 0.717) is 0 Å². The van der Waals surface area contributed by atoms with Crippen molar-refractivity contribution in [3.8, 4) is 0 Å². The molecule has 1 rings (SSSR count). The molecule has 4 nitrogen and oxygen atoms in total. The van der Waals surface area contributed by atoms with Crippen LogP contribution in [0.3, 0.4) is 0 Å². The fourth-order valence-electron chi connectivity index (χ4n) is 0.856. The van der Waals surface area contributed by atoms with Gasteiger partial charge in [0, 0.05) is 19.5 Å². The van der Waals surface area contributed by atoms with Gasteiger partial charge in [-0.05, 0) is 12.1 Å². The Morgan fingerprint density at radius 3 is 1.43 bits per heavy atom. The van der Waals surface area contributed by atoms with Gasteiger partial charge >= 0.3 is 49.7 Å². The third-order valence-electron chi connectivity index (χ3n) is 1.39. The van der Waals surface area contributed by atoms with E-state index in [1.165, 1.54) is 24.3 Å². The minimum absolute atomic E-state index is 0. The second-order valence-electron chi connectivity index (χ2n) is 2.16. The topological polar surface area (TPSA) is 74.6 Å². The fourth-order valence-corrected chi connectivity index (χ4v) is 0.856. The molecule has 68 valence electrons. The van der Waals surface area contributed by atoms with Crippen molar-refractivity contribution >= 4 is 49.7 Å². The van der Waals surface area contributed by atoms with Crippen LogP contribution in [0.1, 0.15) is 20.7 Å². The predicted molar refractivity (Wildman–Crippen MR) is 48.9 cm³/mol. The van der Waals surface area contributed by atoms with Gasteiger partial charge in [-0.3, -0.25) is 0 Å². The van der Waals surface area contributed by atoms with Crippen LogP contribution in [0, 0.1) is 0 Å². The van der Waals surface area contributed by atoms with Crippen molar-refractivity contribution in [1.82, 2.24) is 0 Å². The molecule has 0 radical (unpaired) electrons. The quantitative estimate of drug-likeness (QED) is 0.753. The summed E-state index contributed by atoms with van der Waals surface area (Å²) in [6, 6.07) is 5.48. The minimum atomic E-state index is -1.23. The van der Waals surface area contributed by atoms with E-state index in [4.69, 9.17) is 10.2 Å². The van der Waals surface area contributed by atoms with Gasteiger partial charge in [0.05, 0.1) is 11.1 Å². The van der Waals surface area contributed by atoms with E-state index in [-0.39, 0.29) is 68.3 Å². The van der Waals surface area contributed by atoms with E-state index < -0.39 is 11.9 Å². The number of hydrogen-bond donors (Lipinski definition) is 2. The molecule has 14 heavy (non-hydrogen) atoms. The molecule has 1 aromatic carbocycles. The molecule has 6 heteroatoms. The Balaban J connectivity index is 0. The average Bonchev–Trinajstić information content (AvgIpc) is 2.04. The zero-order chi connectivity index (χ0) is 9.14. The summed E-state index contributed by atoms with van der Waals surface area (Å²) in [5.74, 6) is -2.46. The molecule has 0 saturated heterocycles. The number of carbonyl (C=O) groups is 2. The standard InChI is InChI=1S/C8H6O4.Ca.Zn.2H/c9-7(10)5-3-1-2-4-6(5)8(11)12;;;;/h1-4H,(H,9,10)(H,11,12);;;;. The first kappa shape index (κ1) is 16.5. The Hall–Kier alpha value is 0.0431. The van der Waals surface area contributed by atoms with Crippen LogP contribution in [-0.2, 0) is 19.5 Å². The maximum absolute atomic E-state index is 10.5. The second kappa shape index (κ2) is 7.35. The summed E-state index contributed by atoms with van der Waals surface area (Å²) < 4.78 is 0. The van der Waals surface area contributed by atoms with Crippen LogP contribution in [0.15, 0.2) is 24.3 Å². The van der Waals surface area contributed by atoms with Crippen LogP contribution in [0.25, 0.3) is 0 Å². The molecule has 0 heterocycles. The van der Waals surface area contributed by atoms with E-state index in [9.17, 15) is 9.59 Å². The first-order valence-electron chi connectivity index (χ1n) is 3.18. The SMILES string of the molecule is O=C(O)c1ccccc1C(=O)O.[CaH2].[Zn]. The smallest absolute Gasteiger partial charge is 0 e. The molecule has 0 atom stereocenters. The summed E-state index contributed by atoms with van der Waals surface area (Å²) in [5, 5.41) is 17.1. The van der Waals surface area contributed by atoms with Crippen molar-refractivity contribution in [3.05, 3.63) is 35.4 Å². The van der Waals surface area contributed by atoms with Crippen molar-refractivity contribution in [2.75, 3.05) is 0 Å². The summed E-state index contributed by atoms with van der Waals surface area (Å²) in [6.45, 7) is 0. The maximum Gasteiger partial charge on any atom is 0 e. The first-order valence-corrected chi connectivity index (χ1v) is 3.18. The minimum Gasteiger partial charge on any atom is 0 e. The van der Waals surface area contributed by atoms with Gasteiger partial charge in [-0.1, -0.05) is 12.1 Å². The van der Waals surface area contributed by atoms with Gasteiger partial charge in [-0.2, -0.15) is 0 Å². The Morgan fingerprint density at radius 2 is 1.21 bits per heavy atom. The van der Waals surface area contributed by atoms with Crippen molar-refractivity contribution < 1.29 is 39.3 Å². The van der Waals surface area contributed by atoms with E-state index in [1.807, 2.05) is 0 Å². The molecule has 0 fully saturated rings. The molecule has 0 bridgehead atoms. The Labute approximate surface area is 123 Å². The van der Waals surface area contributed by atoms with Gasteiger partial charge in [0.1, 0.15) is 0 Å². The van der Waals surface area contributed by atoms with Crippen molar-refractivity contribution in [2.24, 2.45) is 0 Å². The van der Waals surface area contributed by atoms with Crippen LogP contribution in [0.4, 0.5) is 0 Å². The number of benzene rings is 1. The summed E-state index contributed by atoms with van der Waals surface area (Å²) in [6.07, 6.45) is 0. The fraction of sp³-hybridized carbons (Fsp3) is 0. The van der Waals surface area contributed by atoms with Gasteiger partial charge in [0.25, 0.3) is 0 Å². The second-order valence-corrected chi connectivity index (χ2v) is 2.16. The van der Waals surface area contributed by atoms with Gasteiger partial charge < -0.3 is 10.2 Å². The number of hydrogen-bond acceptors (Lipinski definition) is 2. The van der Waals surface area contributed by atoms with Crippen molar-refractivity contribution in [1.29, 1.82) is 0 Å². The zero-order valence-corrected chi connectivity index (χ0v) is 9.69. The van der Waals surface area contributed by atoms with Gasteiger partial charge in [-0.15, -0.1) is 0 Å². The molecule has 0 aliphatic rings. The maximum atomic E-state index is 10.5. The predicted octanol–water partition coefficient (Wildman–Crippen LogP) is 0.164. The Bertz CT molecular complexity index is 307. The molecule has 0 aromatic heterocycles. The molecule has 0 unspecified atom stereocenters. The van der Waals surface area contributed by atoms with Crippen LogP contribution in [0.2, 0.25) is 0 Å². The summed E-state index contributed by atoms with van der Waals surface area (Å²) >= 11 is 0. The average molecular weight is 274 g/mol. The third-order valence-corrected chi connectivity index (χ3v) is 1.39. The zero-order valence-electron chi connectivity index (χ0n) is 6.73. The third kappa shape index (κ3) is 4.05. The Morgan fingerprint density at radius 1 is 0.929 bits per heavy atom. The molecule has 0 amide bonds. The van der Waals surface area contributed by atoms with Gasteiger partial charge in [0.15, 0.2) is 0 Å². The Kier molecular flexibility index (Phi) is 8.65. The molecule has 1 aromatic rings. The summed E-state index contributed by atoms with van der Waals surface area (Å²) in [5.41, 5.74) is -0.380. The van der Waals surface area contributed by atoms with Crippen molar-refractivity contribution in [3.63, 3.8) is 0 Å². The molecule has 0 spiro atoms. The molecule has 0 saturated carbocycles. The first-order chi connectivity index (χ1) is 5.63. The normalized spacial score (nSPS) is 8.00. The largest absolute Gasteiger partial charge is 0 e. The summed E-state index contributed by atoms with van der Waals surface area (Å²) in [4.78, 5) is 20.9. The number of aromatic carboxylic acids is 2. The van der Waals surface area contributed by atoms with Crippen LogP contribution in [-0.4, -0.2) is 59.9 Å². The van der Waals surface area contributed by atoms with Crippen LogP contribution >= 0.6 is 0 Å². The van der Waals surface area contributed by atoms with E-state index in [1.54, 1.807) is 0 Å². The number of carboxylic acid groups (broad SMARTS) is 2. The van der Waals surface area contributed by atoms with E-state index in [2.05, 4.69) is 0 Å². The van der Waals surface area contributed by atoms with Gasteiger partial charge in [0.2, 0.25) is 0 Å². The molecule has 0 aliphatic heterocycles. The molecule has 0 aliphatic carbocycles. The van der Waals surface area contributed by atoms with Crippen LogP contribution < -0.4 is 0 Å². The van der Waals surface area contributed by atoms with Crippen LogP contribution in [0.5, 0.6) is 0 Å². The van der Waals surface area contributed by atoms with E-state index in [0.717, 1.165) is 0 Å². The molecular weight excluding hydrogens is 266 g/mol. The number of rotatable bonds is 2. The summed E-state index contributed by atoms with van der Waals surface area (Å²) in [7, 11) is 0. The number of carboxylic acids is 2. The van der Waals surface area contributed by atoms with Gasteiger partial charge in [-0.25, -0.2) is 9.59 Å². The monoisotopic (exact) mass is 272 g/mol. The molecule has 2 N–H and O–H groups in total. The molecular formula is C8H8CaO4Zn.